The van der Waals surface area contributed by atoms with Gasteiger partial charge in [0.1, 0.15) is 5.75 Å². The Hall–Kier alpha value is -1.06. The van der Waals surface area contributed by atoms with E-state index in [4.69, 9.17) is 10.5 Å². The Morgan fingerprint density at radius 3 is 2.87 bits per heavy atom. The van der Waals surface area contributed by atoms with Crippen molar-refractivity contribution in [2.75, 3.05) is 6.61 Å². The van der Waals surface area contributed by atoms with E-state index in [1.807, 2.05) is 26.0 Å². The maximum Gasteiger partial charge on any atom is 0.125 e. The molecule has 0 fully saturated rings. The van der Waals surface area contributed by atoms with Crippen molar-refractivity contribution in [2.45, 2.75) is 32.4 Å². The van der Waals surface area contributed by atoms with E-state index in [2.05, 4.69) is 0 Å². The number of rotatable bonds is 0. The second-order valence-corrected chi connectivity index (χ2v) is 4.24. The molecule has 0 radical (unpaired) electrons. The van der Waals surface area contributed by atoms with Crippen LogP contribution in [0.25, 0.3) is 0 Å². The molecule has 2 atom stereocenters. The van der Waals surface area contributed by atoms with Gasteiger partial charge in [-0.2, -0.15) is 0 Å². The third kappa shape index (κ3) is 1.85. The summed E-state index contributed by atoms with van der Waals surface area (Å²) in [4.78, 5) is 0. The van der Waals surface area contributed by atoms with Gasteiger partial charge in [-0.25, -0.2) is 0 Å². The van der Waals surface area contributed by atoms with Crippen LogP contribution < -0.4 is 10.5 Å². The summed E-state index contributed by atoms with van der Waals surface area (Å²) in [6.45, 7) is 4.58. The molecule has 0 spiro atoms. The summed E-state index contributed by atoms with van der Waals surface area (Å²) >= 11 is 0. The lowest BCUT2D eigenvalue weighted by atomic mass is 9.95. The van der Waals surface area contributed by atoms with Crippen molar-refractivity contribution in [1.29, 1.82) is 0 Å². The number of aliphatic hydroxyl groups is 1. The Labute approximate surface area is 89.9 Å². The molecule has 0 saturated heterocycles. The zero-order valence-corrected chi connectivity index (χ0v) is 9.16. The van der Waals surface area contributed by atoms with Gasteiger partial charge in [0.05, 0.1) is 12.7 Å². The first-order valence-corrected chi connectivity index (χ1v) is 5.27. The second-order valence-electron chi connectivity index (χ2n) is 4.24. The lowest BCUT2D eigenvalue weighted by Crippen LogP contribution is -2.28. The third-order valence-corrected chi connectivity index (χ3v) is 2.90. The lowest BCUT2D eigenvalue weighted by molar-refractivity contribution is 0.144. The van der Waals surface area contributed by atoms with Crippen LogP contribution in [0.3, 0.4) is 0 Å². The summed E-state index contributed by atoms with van der Waals surface area (Å²) in [7, 11) is 0. The zero-order valence-electron chi connectivity index (χ0n) is 9.16. The van der Waals surface area contributed by atoms with Crippen LogP contribution in [0.1, 0.15) is 29.2 Å². The van der Waals surface area contributed by atoms with Crippen molar-refractivity contribution >= 4 is 0 Å². The molecule has 1 aliphatic rings. The van der Waals surface area contributed by atoms with Gasteiger partial charge in [0.15, 0.2) is 0 Å². The molecular formula is C12H17NO2. The monoisotopic (exact) mass is 207 g/mol. The number of aryl methyl sites for hydroxylation is 2. The molecule has 0 bridgehead atoms. The average Bonchev–Trinajstić information content (AvgIpc) is 2.27. The molecule has 1 aromatic carbocycles. The molecule has 0 saturated carbocycles. The van der Waals surface area contributed by atoms with Gasteiger partial charge in [0.2, 0.25) is 0 Å². The lowest BCUT2D eigenvalue weighted by Gasteiger charge is -2.18. The Balaban J connectivity index is 2.53. The zero-order chi connectivity index (χ0) is 11.0. The normalized spacial score (nSPS) is 25.3. The molecular weight excluding hydrogens is 190 g/mol. The third-order valence-electron chi connectivity index (χ3n) is 2.90. The van der Waals surface area contributed by atoms with E-state index in [0.717, 1.165) is 22.4 Å². The molecule has 1 aromatic rings. The molecule has 15 heavy (non-hydrogen) atoms. The first-order chi connectivity index (χ1) is 7.09. The fraction of sp³-hybridized carbons (Fsp3) is 0.500. The summed E-state index contributed by atoms with van der Waals surface area (Å²) in [5.41, 5.74) is 8.92. The predicted molar refractivity (Wildman–Crippen MR) is 59.0 cm³/mol. The smallest absolute Gasteiger partial charge is 0.125 e. The Morgan fingerprint density at radius 2 is 2.13 bits per heavy atom. The number of benzene rings is 1. The van der Waals surface area contributed by atoms with E-state index in [9.17, 15) is 5.11 Å². The SMILES string of the molecule is Cc1cc(C)c2c(c1)OCCC(N)C2O. The highest BCUT2D eigenvalue weighted by atomic mass is 16.5. The molecule has 2 rings (SSSR count). The van der Waals surface area contributed by atoms with Crippen molar-refractivity contribution in [3.05, 3.63) is 28.8 Å². The highest BCUT2D eigenvalue weighted by Gasteiger charge is 2.25. The van der Waals surface area contributed by atoms with Gasteiger partial charge in [-0.1, -0.05) is 6.07 Å². The number of ether oxygens (including phenoxy) is 1. The van der Waals surface area contributed by atoms with Gasteiger partial charge in [-0.05, 0) is 37.5 Å². The van der Waals surface area contributed by atoms with Crippen LogP contribution in [0, 0.1) is 13.8 Å². The number of fused-ring (bicyclic) bond motifs is 1. The summed E-state index contributed by atoms with van der Waals surface area (Å²) in [5, 5.41) is 10.1. The predicted octanol–water partition coefficient (Wildman–Crippen LogP) is 1.45. The van der Waals surface area contributed by atoms with Crippen molar-refractivity contribution < 1.29 is 9.84 Å². The van der Waals surface area contributed by atoms with Crippen molar-refractivity contribution in [3.63, 3.8) is 0 Å². The molecule has 82 valence electrons. The van der Waals surface area contributed by atoms with Crippen LogP contribution in [0.5, 0.6) is 5.75 Å². The first-order valence-electron chi connectivity index (χ1n) is 5.27. The fourth-order valence-corrected chi connectivity index (χ4v) is 2.12. The maximum atomic E-state index is 10.1. The molecule has 1 heterocycles. The van der Waals surface area contributed by atoms with Crippen LogP contribution >= 0.6 is 0 Å². The van der Waals surface area contributed by atoms with Crippen LogP contribution in [-0.4, -0.2) is 17.8 Å². The summed E-state index contributed by atoms with van der Waals surface area (Å²) < 4.78 is 5.61. The second kappa shape index (κ2) is 3.83. The van der Waals surface area contributed by atoms with Gasteiger partial charge in [0.25, 0.3) is 0 Å². The van der Waals surface area contributed by atoms with Crippen LogP contribution in [-0.2, 0) is 0 Å². The van der Waals surface area contributed by atoms with Crippen molar-refractivity contribution in [3.8, 4) is 5.75 Å². The first kappa shape index (κ1) is 10.5. The molecule has 1 aliphatic heterocycles. The maximum absolute atomic E-state index is 10.1. The Bertz CT molecular complexity index is 376. The standard InChI is InChI=1S/C12H17NO2/c1-7-5-8(2)11-10(6-7)15-4-3-9(13)12(11)14/h5-6,9,12,14H,3-4,13H2,1-2H3. The van der Waals surface area contributed by atoms with Crippen LogP contribution in [0.2, 0.25) is 0 Å². The molecule has 3 N–H and O–H groups in total. The molecule has 0 amide bonds. The summed E-state index contributed by atoms with van der Waals surface area (Å²) in [6, 6.07) is 3.78. The van der Waals surface area contributed by atoms with E-state index >= 15 is 0 Å². The summed E-state index contributed by atoms with van der Waals surface area (Å²) in [5.74, 6) is 0.785. The van der Waals surface area contributed by atoms with E-state index in [1.54, 1.807) is 0 Å². The van der Waals surface area contributed by atoms with Gasteiger partial charge in [0, 0.05) is 11.6 Å². The molecule has 0 aromatic heterocycles. The summed E-state index contributed by atoms with van der Waals surface area (Å²) in [6.07, 6.45) is 0.0806. The van der Waals surface area contributed by atoms with E-state index in [-0.39, 0.29) is 6.04 Å². The number of hydrogen-bond donors (Lipinski definition) is 2. The molecule has 2 unspecified atom stereocenters. The Morgan fingerprint density at radius 1 is 1.40 bits per heavy atom. The number of hydrogen-bond acceptors (Lipinski definition) is 3. The highest BCUT2D eigenvalue weighted by molar-refractivity contribution is 5.45. The van der Waals surface area contributed by atoms with Gasteiger partial charge < -0.3 is 15.6 Å². The van der Waals surface area contributed by atoms with E-state index in [0.29, 0.717) is 13.0 Å². The van der Waals surface area contributed by atoms with Crippen molar-refractivity contribution in [2.24, 2.45) is 5.73 Å². The minimum Gasteiger partial charge on any atom is -0.493 e. The van der Waals surface area contributed by atoms with Crippen molar-refractivity contribution in [1.82, 2.24) is 0 Å². The number of aliphatic hydroxyl groups excluding tert-OH is 1. The fourth-order valence-electron chi connectivity index (χ4n) is 2.12. The minimum absolute atomic E-state index is 0.229. The largest absolute Gasteiger partial charge is 0.493 e. The van der Waals surface area contributed by atoms with Gasteiger partial charge in [-0.3, -0.25) is 0 Å². The quantitative estimate of drug-likeness (QED) is 0.677. The van der Waals surface area contributed by atoms with Crippen LogP contribution in [0.15, 0.2) is 12.1 Å². The highest BCUT2D eigenvalue weighted by Crippen LogP contribution is 2.34. The average molecular weight is 207 g/mol. The van der Waals surface area contributed by atoms with E-state index < -0.39 is 6.10 Å². The van der Waals surface area contributed by atoms with Crippen LogP contribution in [0.4, 0.5) is 0 Å². The molecule has 3 heteroatoms. The Kier molecular flexibility index (Phi) is 2.67. The number of nitrogens with two attached hydrogens (primary N) is 1. The van der Waals surface area contributed by atoms with Gasteiger partial charge >= 0.3 is 0 Å². The minimum atomic E-state index is -0.608. The molecule has 0 aliphatic carbocycles. The van der Waals surface area contributed by atoms with E-state index in [1.165, 1.54) is 0 Å². The van der Waals surface area contributed by atoms with Gasteiger partial charge in [-0.15, -0.1) is 0 Å². The topological polar surface area (TPSA) is 55.5 Å². The molecule has 3 nitrogen and oxygen atoms in total.